The molecule has 0 unspecified atom stereocenters. The van der Waals surface area contributed by atoms with Gasteiger partial charge in [0.25, 0.3) is 0 Å². The molecule has 4 nitrogen and oxygen atoms in total. The second-order valence-electron chi connectivity index (χ2n) is 8.38. The van der Waals surface area contributed by atoms with Crippen molar-refractivity contribution in [2.24, 2.45) is 0 Å². The summed E-state index contributed by atoms with van der Waals surface area (Å²) in [5.41, 5.74) is 3.63. The average molecular weight is 425 g/mol. The molecule has 2 aliphatic rings. The van der Waals surface area contributed by atoms with E-state index in [9.17, 15) is 0 Å². The van der Waals surface area contributed by atoms with Crippen molar-refractivity contribution in [1.82, 2.24) is 15.2 Å². The molecule has 152 valence electrons. The lowest BCUT2D eigenvalue weighted by Crippen LogP contribution is -2.07. The van der Waals surface area contributed by atoms with Gasteiger partial charge in [0.2, 0.25) is 0 Å². The van der Waals surface area contributed by atoms with Crippen LogP contribution in [-0.4, -0.2) is 27.5 Å². The van der Waals surface area contributed by atoms with Crippen LogP contribution in [0.4, 0.5) is 11.5 Å². The Hall–Kier alpha value is -1.71. The van der Waals surface area contributed by atoms with Crippen LogP contribution in [0, 0.1) is 6.92 Å². The third kappa shape index (κ3) is 4.27. The van der Waals surface area contributed by atoms with E-state index in [-0.39, 0.29) is 7.92 Å². The molecule has 1 aromatic carbocycles. The zero-order valence-electron chi connectivity index (χ0n) is 17.1. The number of aryl methyl sites for hydroxylation is 1. The number of nitrogens with one attached hydrogen (secondary N) is 2. The second kappa shape index (κ2) is 8.57. The molecule has 1 saturated carbocycles. The van der Waals surface area contributed by atoms with Gasteiger partial charge in [-0.3, -0.25) is 5.10 Å². The van der Waals surface area contributed by atoms with Gasteiger partial charge in [-0.2, -0.15) is 5.10 Å². The Morgan fingerprint density at radius 1 is 1.07 bits per heavy atom. The number of nitrogens with zero attached hydrogens (tertiary/aromatic N) is 2. The van der Waals surface area contributed by atoms with Crippen molar-refractivity contribution in [3.63, 3.8) is 0 Å². The molecular formula is C23H29N4PS. The molecule has 3 heterocycles. The van der Waals surface area contributed by atoms with Gasteiger partial charge in [-0.05, 0) is 62.4 Å². The van der Waals surface area contributed by atoms with Crippen molar-refractivity contribution in [1.29, 1.82) is 0 Å². The highest BCUT2D eigenvalue weighted by Crippen LogP contribution is 2.46. The smallest absolute Gasteiger partial charge is 0.152 e. The Morgan fingerprint density at radius 3 is 2.66 bits per heavy atom. The first-order valence-electron chi connectivity index (χ1n) is 10.9. The molecule has 2 N–H and O–H groups in total. The molecule has 1 saturated heterocycles. The minimum atomic E-state index is -0.0648. The van der Waals surface area contributed by atoms with Crippen molar-refractivity contribution in [2.45, 2.75) is 57.8 Å². The molecule has 0 bridgehead atoms. The van der Waals surface area contributed by atoms with Crippen LogP contribution < -0.4 is 10.6 Å². The number of aromatic amines is 1. The summed E-state index contributed by atoms with van der Waals surface area (Å²) in [6.07, 6.45) is 14.4. The van der Waals surface area contributed by atoms with Crippen LogP contribution >= 0.6 is 19.3 Å². The SMILES string of the molecule is Cc1cc(Nc2ccc(-c3cnc(C4CCCCC4)s3)c(P3CCCC3)c2)n[nH]1. The maximum absolute atomic E-state index is 4.87. The summed E-state index contributed by atoms with van der Waals surface area (Å²) in [6, 6.07) is 8.95. The van der Waals surface area contributed by atoms with Gasteiger partial charge < -0.3 is 5.32 Å². The Balaban J connectivity index is 1.46. The summed E-state index contributed by atoms with van der Waals surface area (Å²) < 4.78 is 0. The molecule has 1 aliphatic heterocycles. The molecule has 2 fully saturated rings. The van der Waals surface area contributed by atoms with E-state index >= 15 is 0 Å². The van der Waals surface area contributed by atoms with Crippen molar-refractivity contribution in [3.8, 4) is 10.4 Å². The number of thiazole rings is 1. The Kier molecular flexibility index (Phi) is 5.69. The number of hydrogen-bond donors (Lipinski definition) is 2. The number of aromatic nitrogens is 3. The lowest BCUT2D eigenvalue weighted by atomic mass is 9.90. The van der Waals surface area contributed by atoms with E-state index < -0.39 is 0 Å². The van der Waals surface area contributed by atoms with Crippen LogP contribution in [0.5, 0.6) is 0 Å². The maximum Gasteiger partial charge on any atom is 0.152 e. The molecule has 3 aromatic rings. The number of rotatable bonds is 5. The quantitative estimate of drug-likeness (QED) is 0.458. The number of benzene rings is 1. The van der Waals surface area contributed by atoms with Gasteiger partial charge in [-0.1, -0.05) is 33.3 Å². The Bertz CT molecular complexity index is 967. The monoisotopic (exact) mass is 424 g/mol. The molecule has 0 radical (unpaired) electrons. The number of anilines is 2. The molecule has 2 aromatic heterocycles. The van der Waals surface area contributed by atoms with E-state index in [1.165, 1.54) is 72.7 Å². The molecule has 29 heavy (non-hydrogen) atoms. The predicted molar refractivity (Wildman–Crippen MR) is 126 cm³/mol. The maximum atomic E-state index is 4.87. The summed E-state index contributed by atoms with van der Waals surface area (Å²) in [6.45, 7) is 2.03. The third-order valence-corrected chi connectivity index (χ3v) is 10.1. The Morgan fingerprint density at radius 2 is 1.90 bits per heavy atom. The summed E-state index contributed by atoms with van der Waals surface area (Å²) in [5.74, 6) is 1.57. The minimum absolute atomic E-state index is 0.0648. The van der Waals surface area contributed by atoms with Gasteiger partial charge in [-0.25, -0.2) is 4.98 Å². The summed E-state index contributed by atoms with van der Waals surface area (Å²) in [4.78, 5) is 6.23. The normalized spacial score (nSPS) is 18.4. The fourth-order valence-corrected chi connectivity index (χ4v) is 8.59. The van der Waals surface area contributed by atoms with Crippen molar-refractivity contribution >= 4 is 36.1 Å². The van der Waals surface area contributed by atoms with Crippen molar-refractivity contribution in [3.05, 3.63) is 41.2 Å². The number of hydrogen-bond acceptors (Lipinski definition) is 4. The van der Waals surface area contributed by atoms with E-state index in [4.69, 9.17) is 4.98 Å². The lowest BCUT2D eigenvalue weighted by molar-refractivity contribution is 0.442. The van der Waals surface area contributed by atoms with Gasteiger partial charge in [0.05, 0.1) is 9.88 Å². The topological polar surface area (TPSA) is 53.6 Å². The van der Waals surface area contributed by atoms with Crippen molar-refractivity contribution < 1.29 is 0 Å². The Labute approximate surface area is 178 Å². The van der Waals surface area contributed by atoms with Gasteiger partial charge in [0.1, 0.15) is 0 Å². The van der Waals surface area contributed by atoms with Crippen LogP contribution in [0.1, 0.15) is 61.6 Å². The van der Waals surface area contributed by atoms with Gasteiger partial charge in [0.15, 0.2) is 5.82 Å². The molecule has 1 aliphatic carbocycles. The first kappa shape index (κ1) is 19.3. The highest BCUT2D eigenvalue weighted by atomic mass is 32.1. The standard InChI is InChI=1S/C23H29N4PS/c1-16-13-22(27-26-16)25-18-9-10-19(20(14-18)28-11-5-6-12-28)21-15-24-23(29-21)17-7-3-2-4-8-17/h9-10,13-15,17H,2-8,11-12H2,1H3,(H2,25,26,27). The van der Waals surface area contributed by atoms with Crippen LogP contribution in [0.3, 0.4) is 0 Å². The zero-order valence-corrected chi connectivity index (χ0v) is 18.8. The van der Waals surface area contributed by atoms with Crippen LogP contribution in [-0.2, 0) is 0 Å². The first-order valence-corrected chi connectivity index (χ1v) is 13.4. The fraction of sp³-hybridized carbons (Fsp3) is 0.478. The van der Waals surface area contributed by atoms with E-state index in [2.05, 4.69) is 39.9 Å². The van der Waals surface area contributed by atoms with Gasteiger partial charge >= 0.3 is 0 Å². The molecule has 5 rings (SSSR count). The third-order valence-electron chi connectivity index (χ3n) is 6.17. The summed E-state index contributed by atoms with van der Waals surface area (Å²) in [7, 11) is -0.0648. The first-order chi connectivity index (χ1) is 14.3. The fourth-order valence-electron chi connectivity index (χ4n) is 4.62. The van der Waals surface area contributed by atoms with E-state index in [1.54, 1.807) is 5.30 Å². The van der Waals surface area contributed by atoms with Crippen LogP contribution in [0.15, 0.2) is 30.5 Å². The highest BCUT2D eigenvalue weighted by Gasteiger charge is 2.23. The van der Waals surface area contributed by atoms with E-state index in [0.29, 0.717) is 5.92 Å². The van der Waals surface area contributed by atoms with Crippen LogP contribution in [0.2, 0.25) is 0 Å². The predicted octanol–water partition coefficient (Wildman–Crippen LogP) is 6.53. The molecule has 0 atom stereocenters. The van der Waals surface area contributed by atoms with Crippen LogP contribution in [0.25, 0.3) is 10.4 Å². The van der Waals surface area contributed by atoms with Crippen molar-refractivity contribution in [2.75, 3.05) is 17.6 Å². The van der Waals surface area contributed by atoms with Gasteiger partial charge in [0, 0.05) is 35.1 Å². The van der Waals surface area contributed by atoms with E-state index in [0.717, 1.165) is 17.2 Å². The molecular weight excluding hydrogens is 395 g/mol. The number of H-pyrrole nitrogens is 1. The zero-order chi connectivity index (χ0) is 19.6. The molecule has 0 spiro atoms. The lowest BCUT2D eigenvalue weighted by Gasteiger charge is -2.19. The molecule has 6 heteroatoms. The summed E-state index contributed by atoms with van der Waals surface area (Å²) in [5, 5.41) is 13.7. The second-order valence-corrected chi connectivity index (χ2v) is 11.9. The van der Waals surface area contributed by atoms with E-state index in [1.807, 2.05) is 24.3 Å². The minimum Gasteiger partial charge on any atom is -0.339 e. The molecule has 0 amide bonds. The van der Waals surface area contributed by atoms with Gasteiger partial charge in [-0.15, -0.1) is 11.3 Å². The largest absolute Gasteiger partial charge is 0.339 e. The summed E-state index contributed by atoms with van der Waals surface area (Å²) >= 11 is 1.94. The average Bonchev–Trinajstić information content (AvgIpc) is 3.51. The highest BCUT2D eigenvalue weighted by molar-refractivity contribution is 7.66.